The fraction of sp³-hybridized carbons (Fsp3) is 0.556. The second-order valence-electron chi connectivity index (χ2n) is 6.31. The van der Waals surface area contributed by atoms with Gasteiger partial charge in [0.2, 0.25) is 0 Å². The number of piperazine rings is 1. The number of aromatic nitrogens is 3. The number of hydrogen-bond donors (Lipinski definition) is 0. The molecule has 2 aromatic rings. The van der Waals surface area contributed by atoms with Gasteiger partial charge in [-0.3, -0.25) is 9.58 Å². The van der Waals surface area contributed by atoms with Crippen molar-refractivity contribution in [3.8, 4) is 5.75 Å². The molecule has 1 atom stereocenters. The van der Waals surface area contributed by atoms with Gasteiger partial charge in [-0.15, -0.1) is 0 Å². The third-order valence-electron chi connectivity index (χ3n) is 4.87. The Balaban J connectivity index is 1.46. The van der Waals surface area contributed by atoms with Crippen molar-refractivity contribution in [2.75, 3.05) is 39.8 Å². The first-order valence-corrected chi connectivity index (χ1v) is 8.69. The zero-order valence-corrected chi connectivity index (χ0v) is 14.6. The highest BCUT2D eigenvalue weighted by Gasteiger charge is 2.23. The first kappa shape index (κ1) is 16.9. The van der Waals surface area contributed by atoms with Crippen LogP contribution in [0.15, 0.2) is 36.9 Å². The minimum absolute atomic E-state index is 0.387. The van der Waals surface area contributed by atoms with Crippen LogP contribution in [0.3, 0.4) is 0 Å². The predicted octanol–water partition coefficient (Wildman–Crippen LogP) is 2.06. The zero-order valence-electron chi connectivity index (χ0n) is 14.6. The van der Waals surface area contributed by atoms with Gasteiger partial charge >= 0.3 is 0 Å². The summed E-state index contributed by atoms with van der Waals surface area (Å²) in [5.74, 6) is 0.986. The topological polar surface area (TPSA) is 46.4 Å². The van der Waals surface area contributed by atoms with Gasteiger partial charge in [0.05, 0.1) is 7.11 Å². The molecule has 1 saturated heterocycles. The maximum Gasteiger partial charge on any atom is 0.137 e. The molecule has 1 aromatic heterocycles. The Hall–Kier alpha value is -1.92. The van der Waals surface area contributed by atoms with Crippen LogP contribution in [0.4, 0.5) is 0 Å². The summed E-state index contributed by atoms with van der Waals surface area (Å²) in [6.45, 7) is 8.78. The van der Waals surface area contributed by atoms with Crippen LogP contribution in [0, 0.1) is 0 Å². The van der Waals surface area contributed by atoms with Crippen LogP contribution in [0.5, 0.6) is 5.75 Å². The lowest BCUT2D eigenvalue weighted by atomic mass is 10.0. The summed E-state index contributed by atoms with van der Waals surface area (Å²) in [5.41, 5.74) is 1.28. The van der Waals surface area contributed by atoms with Gasteiger partial charge in [0.15, 0.2) is 0 Å². The van der Waals surface area contributed by atoms with Crippen LogP contribution in [0.25, 0.3) is 0 Å². The largest absolute Gasteiger partial charge is 0.496 e. The van der Waals surface area contributed by atoms with Crippen LogP contribution in [-0.2, 0) is 6.54 Å². The molecule has 6 nitrogen and oxygen atoms in total. The number of ether oxygens (including phenoxy) is 1. The monoisotopic (exact) mass is 329 g/mol. The van der Waals surface area contributed by atoms with E-state index in [4.69, 9.17) is 4.74 Å². The maximum atomic E-state index is 5.52. The Morgan fingerprint density at radius 2 is 1.92 bits per heavy atom. The second kappa shape index (κ2) is 8.26. The van der Waals surface area contributed by atoms with Gasteiger partial charge in [0, 0.05) is 50.9 Å². The zero-order chi connectivity index (χ0) is 16.8. The molecule has 0 spiro atoms. The number of methoxy groups -OCH3 is 1. The van der Waals surface area contributed by atoms with E-state index in [2.05, 4.69) is 38.9 Å². The lowest BCUT2D eigenvalue weighted by Crippen LogP contribution is -2.47. The summed E-state index contributed by atoms with van der Waals surface area (Å²) in [6.07, 6.45) is 4.50. The fourth-order valence-electron chi connectivity index (χ4n) is 3.39. The van der Waals surface area contributed by atoms with Crippen molar-refractivity contribution in [2.24, 2.45) is 0 Å². The number of aryl methyl sites for hydroxylation is 1. The molecule has 0 aliphatic carbocycles. The molecule has 1 fully saturated rings. The molecule has 1 aliphatic rings. The molecule has 1 unspecified atom stereocenters. The van der Waals surface area contributed by atoms with Gasteiger partial charge in [0.1, 0.15) is 18.4 Å². The van der Waals surface area contributed by atoms with Gasteiger partial charge < -0.3 is 9.64 Å². The van der Waals surface area contributed by atoms with E-state index < -0.39 is 0 Å². The molecule has 0 radical (unpaired) electrons. The van der Waals surface area contributed by atoms with E-state index in [1.165, 1.54) is 5.56 Å². The molecular weight excluding hydrogens is 302 g/mol. The molecule has 1 aliphatic heterocycles. The minimum Gasteiger partial charge on any atom is -0.496 e. The highest BCUT2D eigenvalue weighted by molar-refractivity contribution is 5.35. The SMILES string of the molecule is COc1ccccc1C(C)N1CCN(CCCn2cncn2)CC1. The van der Waals surface area contributed by atoms with E-state index in [9.17, 15) is 0 Å². The number of benzene rings is 1. The average Bonchev–Trinajstić information content (AvgIpc) is 3.15. The molecule has 24 heavy (non-hydrogen) atoms. The smallest absolute Gasteiger partial charge is 0.137 e. The van der Waals surface area contributed by atoms with Crippen molar-refractivity contribution in [3.63, 3.8) is 0 Å². The lowest BCUT2D eigenvalue weighted by molar-refractivity contribution is 0.0994. The van der Waals surface area contributed by atoms with Crippen LogP contribution in [0.2, 0.25) is 0 Å². The second-order valence-corrected chi connectivity index (χ2v) is 6.31. The highest BCUT2D eigenvalue weighted by atomic mass is 16.5. The summed E-state index contributed by atoms with van der Waals surface area (Å²) in [4.78, 5) is 9.07. The average molecular weight is 329 g/mol. The maximum absolute atomic E-state index is 5.52. The Morgan fingerprint density at radius 3 is 2.62 bits per heavy atom. The van der Waals surface area contributed by atoms with Crippen LogP contribution in [0.1, 0.15) is 24.9 Å². The van der Waals surface area contributed by atoms with Crippen LogP contribution in [-0.4, -0.2) is 64.4 Å². The third kappa shape index (κ3) is 4.13. The van der Waals surface area contributed by atoms with Crippen molar-refractivity contribution in [1.29, 1.82) is 0 Å². The first-order chi connectivity index (χ1) is 11.8. The van der Waals surface area contributed by atoms with Gasteiger partial charge in [-0.1, -0.05) is 18.2 Å². The molecule has 6 heteroatoms. The molecule has 0 N–H and O–H groups in total. The molecule has 2 heterocycles. The molecular formula is C18H27N5O. The summed E-state index contributed by atoms with van der Waals surface area (Å²) in [5, 5.41) is 4.15. The quantitative estimate of drug-likeness (QED) is 0.778. The summed E-state index contributed by atoms with van der Waals surface area (Å²) in [6, 6.07) is 8.73. The number of hydrogen-bond acceptors (Lipinski definition) is 5. The lowest BCUT2D eigenvalue weighted by Gasteiger charge is -2.38. The van der Waals surface area contributed by atoms with Crippen molar-refractivity contribution in [1.82, 2.24) is 24.6 Å². The summed E-state index contributed by atoms with van der Waals surface area (Å²) < 4.78 is 7.42. The van der Waals surface area contributed by atoms with E-state index in [1.807, 2.05) is 16.8 Å². The summed E-state index contributed by atoms with van der Waals surface area (Å²) >= 11 is 0. The van der Waals surface area contributed by atoms with Crippen LogP contribution >= 0.6 is 0 Å². The molecule has 3 rings (SSSR count). The van der Waals surface area contributed by atoms with E-state index in [1.54, 1.807) is 19.8 Å². The van der Waals surface area contributed by atoms with Crippen molar-refractivity contribution in [3.05, 3.63) is 42.5 Å². The van der Waals surface area contributed by atoms with Crippen molar-refractivity contribution in [2.45, 2.75) is 25.9 Å². The fourth-order valence-corrected chi connectivity index (χ4v) is 3.39. The normalized spacial score (nSPS) is 17.8. The predicted molar refractivity (Wildman–Crippen MR) is 94.1 cm³/mol. The van der Waals surface area contributed by atoms with E-state index in [0.717, 1.165) is 51.4 Å². The Morgan fingerprint density at radius 1 is 1.12 bits per heavy atom. The Labute approximate surface area is 144 Å². The van der Waals surface area contributed by atoms with Gasteiger partial charge in [-0.05, 0) is 19.4 Å². The van der Waals surface area contributed by atoms with Gasteiger partial charge in [-0.25, -0.2) is 4.98 Å². The number of para-hydroxylation sites is 1. The third-order valence-corrected chi connectivity index (χ3v) is 4.87. The van der Waals surface area contributed by atoms with Gasteiger partial charge in [-0.2, -0.15) is 5.10 Å². The summed E-state index contributed by atoms with van der Waals surface area (Å²) in [7, 11) is 1.75. The van der Waals surface area contributed by atoms with E-state index in [0.29, 0.717) is 6.04 Å². The van der Waals surface area contributed by atoms with Crippen molar-refractivity contribution < 1.29 is 4.74 Å². The Kier molecular flexibility index (Phi) is 5.82. The molecule has 0 amide bonds. The standard InChI is InChI=1S/C18H27N5O/c1-16(17-6-3-4-7-18(17)24-2)22-12-10-21(11-13-22)8-5-9-23-15-19-14-20-23/h3-4,6-7,14-16H,5,8-13H2,1-2H3. The van der Waals surface area contributed by atoms with Crippen molar-refractivity contribution >= 4 is 0 Å². The minimum atomic E-state index is 0.387. The highest BCUT2D eigenvalue weighted by Crippen LogP contribution is 2.29. The molecule has 0 saturated carbocycles. The van der Waals surface area contributed by atoms with Gasteiger partial charge in [0.25, 0.3) is 0 Å². The molecule has 1 aromatic carbocycles. The van der Waals surface area contributed by atoms with E-state index in [-0.39, 0.29) is 0 Å². The number of rotatable bonds is 7. The van der Waals surface area contributed by atoms with E-state index >= 15 is 0 Å². The number of nitrogens with zero attached hydrogens (tertiary/aromatic N) is 5. The molecule has 0 bridgehead atoms. The molecule has 130 valence electrons. The van der Waals surface area contributed by atoms with Crippen LogP contribution < -0.4 is 4.74 Å². The Bertz CT molecular complexity index is 608. The first-order valence-electron chi connectivity index (χ1n) is 8.69.